The number of carbonyl (C=O) groups is 2. The second-order valence-electron chi connectivity index (χ2n) is 6.98. The first-order valence-electron chi connectivity index (χ1n) is 8.98. The highest BCUT2D eigenvalue weighted by molar-refractivity contribution is 5.84. The van der Waals surface area contributed by atoms with E-state index < -0.39 is 0 Å². The Kier molecular flexibility index (Phi) is 6.85. The molecule has 0 unspecified atom stereocenters. The Bertz CT molecular complexity index is 633. The van der Waals surface area contributed by atoms with Gasteiger partial charge < -0.3 is 19.9 Å². The van der Waals surface area contributed by atoms with Crippen molar-refractivity contribution in [3.8, 4) is 5.75 Å². The predicted octanol–water partition coefficient (Wildman–Crippen LogP) is 0.799. The lowest BCUT2D eigenvalue weighted by Crippen LogP contribution is -2.61. The number of nitrogens with zero attached hydrogens (tertiary/aromatic N) is 3. The Balaban J connectivity index is 1.97. The standard InChI is InChI=1S/C19H30N4O3/c1-14(2)23-10-9-22(12-17(23)19(25)20-3)18(24)13-26-16-8-6-7-15(11-16)21(4)5/h6-8,11,14,17H,9-10,12-13H2,1-5H3,(H,20,25)/t17-/m0/s1. The van der Waals surface area contributed by atoms with Gasteiger partial charge in [0.25, 0.3) is 5.91 Å². The van der Waals surface area contributed by atoms with Gasteiger partial charge >= 0.3 is 0 Å². The normalized spacial score (nSPS) is 17.9. The average Bonchev–Trinajstić information content (AvgIpc) is 2.65. The molecule has 1 heterocycles. The van der Waals surface area contributed by atoms with Crippen molar-refractivity contribution >= 4 is 17.5 Å². The highest BCUT2D eigenvalue weighted by atomic mass is 16.5. The van der Waals surface area contributed by atoms with Crippen molar-refractivity contribution in [1.82, 2.24) is 15.1 Å². The van der Waals surface area contributed by atoms with Gasteiger partial charge in [0.05, 0.1) is 0 Å². The van der Waals surface area contributed by atoms with Gasteiger partial charge in [-0.1, -0.05) is 6.07 Å². The number of anilines is 1. The lowest BCUT2D eigenvalue weighted by atomic mass is 10.1. The zero-order valence-corrected chi connectivity index (χ0v) is 16.4. The molecule has 2 rings (SSSR count). The van der Waals surface area contributed by atoms with Crippen LogP contribution in [0.15, 0.2) is 24.3 Å². The van der Waals surface area contributed by atoms with Crippen molar-refractivity contribution in [1.29, 1.82) is 0 Å². The molecule has 1 aromatic carbocycles. The molecule has 26 heavy (non-hydrogen) atoms. The molecule has 1 aliphatic rings. The molecule has 1 fully saturated rings. The minimum absolute atomic E-state index is 0.0287. The maximum Gasteiger partial charge on any atom is 0.260 e. The van der Waals surface area contributed by atoms with Crippen LogP contribution in [-0.4, -0.2) is 81.1 Å². The molecule has 7 heteroatoms. The molecule has 2 amide bonds. The monoisotopic (exact) mass is 362 g/mol. The van der Waals surface area contributed by atoms with E-state index in [9.17, 15) is 9.59 Å². The molecule has 0 aromatic heterocycles. The predicted molar refractivity (Wildman–Crippen MR) is 103 cm³/mol. The number of ether oxygens (including phenoxy) is 1. The summed E-state index contributed by atoms with van der Waals surface area (Å²) in [6.07, 6.45) is 0. The maximum atomic E-state index is 12.6. The van der Waals surface area contributed by atoms with E-state index in [2.05, 4.69) is 24.1 Å². The lowest BCUT2D eigenvalue weighted by Gasteiger charge is -2.42. The van der Waals surface area contributed by atoms with Crippen molar-refractivity contribution in [2.75, 3.05) is 52.3 Å². The number of amides is 2. The van der Waals surface area contributed by atoms with Crippen molar-refractivity contribution in [2.24, 2.45) is 0 Å². The molecule has 0 saturated carbocycles. The highest BCUT2D eigenvalue weighted by Gasteiger charge is 2.35. The zero-order valence-electron chi connectivity index (χ0n) is 16.4. The topological polar surface area (TPSA) is 65.1 Å². The average molecular weight is 362 g/mol. The fraction of sp³-hybridized carbons (Fsp3) is 0.579. The number of hydrogen-bond acceptors (Lipinski definition) is 5. The van der Waals surface area contributed by atoms with Crippen molar-refractivity contribution in [3.63, 3.8) is 0 Å². The third-order valence-corrected chi connectivity index (χ3v) is 4.68. The van der Waals surface area contributed by atoms with Crippen LogP contribution in [0.2, 0.25) is 0 Å². The minimum Gasteiger partial charge on any atom is -0.484 e. The van der Waals surface area contributed by atoms with Gasteiger partial charge in [-0.05, 0) is 26.0 Å². The van der Waals surface area contributed by atoms with Crippen molar-refractivity contribution < 1.29 is 14.3 Å². The van der Waals surface area contributed by atoms with E-state index in [0.29, 0.717) is 25.4 Å². The van der Waals surface area contributed by atoms with Gasteiger partial charge in [0.1, 0.15) is 11.8 Å². The molecule has 0 radical (unpaired) electrons. The fourth-order valence-corrected chi connectivity index (χ4v) is 3.13. The molecule has 0 aliphatic carbocycles. The minimum atomic E-state index is -0.324. The van der Waals surface area contributed by atoms with Crippen LogP contribution in [0, 0.1) is 0 Å². The van der Waals surface area contributed by atoms with Gasteiger partial charge in [-0.3, -0.25) is 14.5 Å². The SMILES string of the molecule is CNC(=O)[C@@H]1CN(C(=O)COc2cccc(N(C)C)c2)CCN1C(C)C. The van der Waals surface area contributed by atoms with E-state index >= 15 is 0 Å². The van der Waals surface area contributed by atoms with Crippen LogP contribution < -0.4 is 15.0 Å². The molecule has 0 spiro atoms. The Morgan fingerprint density at radius 2 is 2.04 bits per heavy atom. The van der Waals surface area contributed by atoms with Crippen LogP contribution in [0.3, 0.4) is 0 Å². The van der Waals surface area contributed by atoms with Gasteiger partial charge in [-0.15, -0.1) is 0 Å². The molecule has 1 aromatic rings. The molecule has 144 valence electrons. The summed E-state index contributed by atoms with van der Waals surface area (Å²) in [7, 11) is 5.54. The largest absolute Gasteiger partial charge is 0.484 e. The van der Waals surface area contributed by atoms with E-state index in [1.165, 1.54) is 0 Å². The Hall–Kier alpha value is -2.28. The van der Waals surface area contributed by atoms with Crippen molar-refractivity contribution in [2.45, 2.75) is 25.9 Å². The molecule has 0 bridgehead atoms. The van der Waals surface area contributed by atoms with Crippen LogP contribution in [0.5, 0.6) is 5.75 Å². The number of rotatable bonds is 6. The summed E-state index contributed by atoms with van der Waals surface area (Å²) in [6, 6.07) is 7.54. The molecule has 1 N–H and O–H groups in total. The summed E-state index contributed by atoms with van der Waals surface area (Å²) in [5, 5.41) is 2.70. The highest BCUT2D eigenvalue weighted by Crippen LogP contribution is 2.20. The van der Waals surface area contributed by atoms with Crippen molar-refractivity contribution in [3.05, 3.63) is 24.3 Å². The van der Waals surface area contributed by atoms with Crippen LogP contribution in [-0.2, 0) is 9.59 Å². The number of nitrogens with one attached hydrogen (secondary N) is 1. The van der Waals surface area contributed by atoms with Crippen LogP contribution in [0.1, 0.15) is 13.8 Å². The molecule has 1 saturated heterocycles. The number of hydrogen-bond donors (Lipinski definition) is 1. The Morgan fingerprint density at radius 1 is 1.31 bits per heavy atom. The van der Waals surface area contributed by atoms with E-state index in [1.54, 1.807) is 11.9 Å². The van der Waals surface area contributed by atoms with E-state index in [-0.39, 0.29) is 30.5 Å². The smallest absolute Gasteiger partial charge is 0.260 e. The molecule has 1 aliphatic heterocycles. The molecule has 7 nitrogen and oxygen atoms in total. The first-order chi connectivity index (χ1) is 12.3. The van der Waals surface area contributed by atoms with Gasteiger partial charge in [-0.25, -0.2) is 0 Å². The lowest BCUT2D eigenvalue weighted by molar-refractivity contribution is -0.140. The van der Waals surface area contributed by atoms with Gasteiger partial charge in [0, 0.05) is 58.6 Å². The zero-order chi connectivity index (χ0) is 19.3. The third kappa shape index (κ3) is 4.88. The number of likely N-dealkylation sites (N-methyl/N-ethyl adjacent to an activating group) is 1. The first kappa shape index (κ1) is 20.0. The summed E-state index contributed by atoms with van der Waals surface area (Å²) >= 11 is 0. The molecule has 1 atom stereocenters. The Morgan fingerprint density at radius 3 is 2.65 bits per heavy atom. The molecular weight excluding hydrogens is 332 g/mol. The van der Waals surface area contributed by atoms with E-state index in [0.717, 1.165) is 5.69 Å². The summed E-state index contributed by atoms with van der Waals surface area (Å²) in [5.74, 6) is 0.501. The second kappa shape index (κ2) is 8.89. The Labute approximate surface area is 155 Å². The number of benzene rings is 1. The van der Waals surface area contributed by atoms with Crippen LogP contribution >= 0.6 is 0 Å². The summed E-state index contributed by atoms with van der Waals surface area (Å²) < 4.78 is 5.68. The first-order valence-corrected chi connectivity index (χ1v) is 8.98. The molecular formula is C19H30N4O3. The van der Waals surface area contributed by atoms with E-state index in [1.807, 2.05) is 43.3 Å². The van der Waals surface area contributed by atoms with Gasteiger partial charge in [0.2, 0.25) is 5.91 Å². The number of piperazine rings is 1. The fourth-order valence-electron chi connectivity index (χ4n) is 3.13. The van der Waals surface area contributed by atoms with Crippen LogP contribution in [0.4, 0.5) is 5.69 Å². The summed E-state index contributed by atoms with van der Waals surface area (Å²) in [5.41, 5.74) is 1.01. The quantitative estimate of drug-likeness (QED) is 0.811. The summed E-state index contributed by atoms with van der Waals surface area (Å²) in [6.45, 7) is 5.77. The van der Waals surface area contributed by atoms with Gasteiger partial charge in [0.15, 0.2) is 6.61 Å². The van der Waals surface area contributed by atoms with E-state index in [4.69, 9.17) is 4.74 Å². The maximum absolute atomic E-state index is 12.6. The second-order valence-corrected chi connectivity index (χ2v) is 6.98. The van der Waals surface area contributed by atoms with Crippen LogP contribution in [0.25, 0.3) is 0 Å². The summed E-state index contributed by atoms with van der Waals surface area (Å²) in [4.78, 5) is 30.6. The third-order valence-electron chi connectivity index (χ3n) is 4.68. The van der Waals surface area contributed by atoms with Gasteiger partial charge in [-0.2, -0.15) is 0 Å². The number of carbonyl (C=O) groups excluding carboxylic acids is 2.